The minimum absolute atomic E-state index is 0.0506. The fourth-order valence-electron chi connectivity index (χ4n) is 6.59. The highest BCUT2D eigenvalue weighted by Crippen LogP contribution is 2.40. The van der Waals surface area contributed by atoms with Crippen LogP contribution in [0.5, 0.6) is 5.75 Å². The first-order chi connectivity index (χ1) is 26.5. The normalized spacial score (nSPS) is 15.1. The van der Waals surface area contributed by atoms with Gasteiger partial charge >= 0.3 is 0 Å². The fraction of sp³-hybridized carbons (Fsp3) is 0.583. The van der Waals surface area contributed by atoms with E-state index >= 15 is 0 Å². The molecule has 0 unspecified atom stereocenters. The Morgan fingerprint density at radius 2 is 1.14 bits per heavy atom. The Hall–Kier alpha value is -2.35. The summed E-state index contributed by atoms with van der Waals surface area (Å²) in [7, 11) is -5.36. The Bertz CT molecular complexity index is 1570. The quantitative estimate of drug-likeness (QED) is 0.0618. The lowest BCUT2D eigenvalue weighted by atomic mass is 10.1. The van der Waals surface area contributed by atoms with Gasteiger partial charge in [-0.1, -0.05) is 147 Å². The summed E-state index contributed by atoms with van der Waals surface area (Å²) in [6.45, 7) is 31.6. The maximum atomic E-state index is 12.2. The second-order valence-corrected chi connectivity index (χ2v) is 33.6. The van der Waals surface area contributed by atoms with Gasteiger partial charge in [0.25, 0.3) is 8.32 Å². The van der Waals surface area contributed by atoms with Crippen molar-refractivity contribution in [3.63, 3.8) is 0 Å². The van der Waals surface area contributed by atoms with Crippen LogP contribution in [-0.4, -0.2) is 68.7 Å². The highest BCUT2D eigenvalue weighted by molar-refractivity contribution is 6.99. The molecule has 3 aromatic rings. The van der Waals surface area contributed by atoms with E-state index in [1.165, 1.54) is 10.4 Å². The van der Waals surface area contributed by atoms with Gasteiger partial charge in [0.15, 0.2) is 16.6 Å². The van der Waals surface area contributed by atoms with E-state index in [1.807, 2.05) is 24.3 Å². The van der Waals surface area contributed by atoms with E-state index in [4.69, 9.17) is 22.8 Å². The smallest absolute Gasteiger partial charge is 0.262 e. The topological polar surface area (TPSA) is 66.4 Å². The van der Waals surface area contributed by atoms with Gasteiger partial charge in [-0.2, -0.15) is 0 Å². The molecule has 6 nitrogen and oxygen atoms in total. The van der Waals surface area contributed by atoms with Crippen molar-refractivity contribution < 1.29 is 27.9 Å². The lowest BCUT2D eigenvalue weighted by molar-refractivity contribution is 0.0470. The molecular formula is C48H78O6Si3. The van der Waals surface area contributed by atoms with Crippen LogP contribution in [0.25, 0.3) is 0 Å². The van der Waals surface area contributed by atoms with Crippen molar-refractivity contribution in [1.29, 1.82) is 0 Å². The van der Waals surface area contributed by atoms with Crippen LogP contribution in [0.2, 0.25) is 41.3 Å². The summed E-state index contributed by atoms with van der Waals surface area (Å²) >= 11 is 0. The van der Waals surface area contributed by atoms with Crippen molar-refractivity contribution in [2.75, 3.05) is 20.3 Å². The van der Waals surface area contributed by atoms with Gasteiger partial charge in [-0.3, -0.25) is 0 Å². The Balaban J connectivity index is 1.95. The molecular weight excluding hydrogens is 757 g/mol. The number of methoxy groups -OCH3 is 1. The summed E-state index contributed by atoms with van der Waals surface area (Å²) in [5.41, 5.74) is 1.13. The SMILES string of the molecule is COc1ccc(COCCCC[C@@H](/C=C/[C@H](O[Si](c2ccccc2)(c2ccccc2)C(C)(C)C)[C@@H](O)CCCO[Si](C)(C)C(C)(C)C)O[Si](C)(C)C(C)(C)C)cc1. The number of aliphatic hydroxyl groups is 1. The molecule has 0 aliphatic carbocycles. The standard InChI is InChI=1S/C48H78O6Si3/c1-46(2,3)55(11,12)52-37-23-29-44(49)45(54-57(48(7,8)9,42-25-17-15-18-26-42)43-27-19-16-20-28-43)35-34-41(53-56(13,14)47(4,5)6)24-21-22-36-51-38-39-30-32-40(50-10)33-31-39/h15-20,25-28,30-35,41,44-45,49H,21-24,29,36-38H2,1-14H3/b35-34+/t41-,44-,45-/m0/s1. The second-order valence-electron chi connectivity index (χ2n) is 19.8. The average Bonchev–Trinajstić information content (AvgIpc) is 3.14. The van der Waals surface area contributed by atoms with E-state index in [0.29, 0.717) is 26.2 Å². The molecule has 0 aliphatic heterocycles. The maximum Gasteiger partial charge on any atom is 0.262 e. The van der Waals surface area contributed by atoms with Crippen LogP contribution in [0, 0.1) is 0 Å². The van der Waals surface area contributed by atoms with E-state index in [0.717, 1.165) is 37.0 Å². The first-order valence-corrected chi connectivity index (χ1v) is 28.9. The summed E-state index contributed by atoms with van der Waals surface area (Å²) in [5, 5.41) is 14.6. The molecule has 0 aliphatic rings. The van der Waals surface area contributed by atoms with Crippen LogP contribution < -0.4 is 15.1 Å². The molecule has 0 fully saturated rings. The van der Waals surface area contributed by atoms with Gasteiger partial charge in [0.2, 0.25) is 0 Å². The van der Waals surface area contributed by atoms with Crippen molar-refractivity contribution in [3.05, 3.63) is 103 Å². The van der Waals surface area contributed by atoms with Gasteiger partial charge in [-0.15, -0.1) is 0 Å². The molecule has 0 heterocycles. The predicted molar refractivity (Wildman–Crippen MR) is 249 cm³/mol. The lowest BCUT2D eigenvalue weighted by Gasteiger charge is -2.45. The summed E-state index contributed by atoms with van der Waals surface area (Å²) in [6.07, 6.45) is 7.01. The molecule has 318 valence electrons. The third-order valence-corrected chi connectivity index (χ3v) is 26.3. The molecule has 3 rings (SSSR count). The molecule has 0 radical (unpaired) electrons. The number of ether oxygens (including phenoxy) is 2. The van der Waals surface area contributed by atoms with E-state index in [-0.39, 0.29) is 21.2 Å². The van der Waals surface area contributed by atoms with Crippen LogP contribution in [-0.2, 0) is 24.6 Å². The Labute approximate surface area is 351 Å². The highest BCUT2D eigenvalue weighted by Gasteiger charge is 2.52. The van der Waals surface area contributed by atoms with E-state index < -0.39 is 37.2 Å². The first-order valence-electron chi connectivity index (χ1n) is 21.2. The number of aliphatic hydroxyl groups excluding tert-OH is 1. The first kappa shape index (κ1) is 49.0. The molecule has 0 spiro atoms. The van der Waals surface area contributed by atoms with Crippen molar-refractivity contribution in [1.82, 2.24) is 0 Å². The minimum atomic E-state index is -2.99. The molecule has 0 bridgehead atoms. The Morgan fingerprint density at radius 1 is 0.596 bits per heavy atom. The largest absolute Gasteiger partial charge is 0.497 e. The molecule has 3 aromatic carbocycles. The van der Waals surface area contributed by atoms with Crippen molar-refractivity contribution >= 4 is 35.3 Å². The van der Waals surface area contributed by atoms with Gasteiger partial charge in [-0.05, 0) is 101 Å². The zero-order valence-corrected chi connectivity index (χ0v) is 41.1. The van der Waals surface area contributed by atoms with Gasteiger partial charge in [0.1, 0.15) is 5.75 Å². The van der Waals surface area contributed by atoms with Crippen LogP contribution in [0.3, 0.4) is 0 Å². The van der Waals surface area contributed by atoms with Gasteiger partial charge in [0, 0.05) is 13.2 Å². The summed E-state index contributed by atoms with van der Waals surface area (Å²) < 4.78 is 32.7. The van der Waals surface area contributed by atoms with Gasteiger partial charge < -0.3 is 27.9 Å². The second kappa shape index (κ2) is 21.3. The number of hydrogen-bond acceptors (Lipinski definition) is 6. The summed E-state index contributed by atoms with van der Waals surface area (Å²) in [5.74, 6) is 0.849. The van der Waals surface area contributed by atoms with E-state index in [1.54, 1.807) is 7.11 Å². The predicted octanol–water partition coefficient (Wildman–Crippen LogP) is 11.4. The summed E-state index contributed by atoms with van der Waals surface area (Å²) in [4.78, 5) is 0. The molecule has 9 heteroatoms. The molecule has 0 amide bonds. The average molecular weight is 835 g/mol. The van der Waals surface area contributed by atoms with Crippen LogP contribution in [0.1, 0.15) is 100.0 Å². The maximum absolute atomic E-state index is 12.2. The molecule has 0 saturated heterocycles. The van der Waals surface area contributed by atoms with E-state index in [9.17, 15) is 5.11 Å². The van der Waals surface area contributed by atoms with Crippen molar-refractivity contribution in [2.45, 2.75) is 161 Å². The molecule has 57 heavy (non-hydrogen) atoms. The van der Waals surface area contributed by atoms with Crippen LogP contribution in [0.15, 0.2) is 97.1 Å². The minimum Gasteiger partial charge on any atom is -0.497 e. The van der Waals surface area contributed by atoms with Crippen molar-refractivity contribution in [2.24, 2.45) is 0 Å². The Morgan fingerprint density at radius 3 is 1.63 bits per heavy atom. The molecule has 0 aromatic heterocycles. The zero-order chi connectivity index (χ0) is 42.5. The third-order valence-electron chi connectivity index (χ3n) is 12.2. The number of benzene rings is 3. The van der Waals surface area contributed by atoms with Gasteiger partial charge in [0.05, 0.1) is 32.0 Å². The van der Waals surface area contributed by atoms with Gasteiger partial charge in [-0.25, -0.2) is 0 Å². The molecule has 1 N–H and O–H groups in total. The van der Waals surface area contributed by atoms with Crippen LogP contribution in [0.4, 0.5) is 0 Å². The monoisotopic (exact) mass is 835 g/mol. The van der Waals surface area contributed by atoms with Crippen LogP contribution >= 0.6 is 0 Å². The highest BCUT2D eigenvalue weighted by atomic mass is 28.4. The Kier molecular flexibility index (Phi) is 18.3. The number of rotatable bonds is 22. The lowest BCUT2D eigenvalue weighted by Crippen LogP contribution is -2.68. The summed E-state index contributed by atoms with van der Waals surface area (Å²) in [6, 6.07) is 29.5. The number of hydrogen-bond donors (Lipinski definition) is 1. The zero-order valence-electron chi connectivity index (χ0n) is 38.1. The number of unbranched alkanes of at least 4 members (excludes halogenated alkanes) is 1. The molecule has 3 atom stereocenters. The molecule has 0 saturated carbocycles. The third kappa shape index (κ3) is 14.1. The van der Waals surface area contributed by atoms with Crippen molar-refractivity contribution in [3.8, 4) is 5.75 Å². The fourth-order valence-corrected chi connectivity index (χ4v) is 13.6. The van der Waals surface area contributed by atoms with E-state index in [2.05, 4.69) is 161 Å².